The molecule has 0 bridgehead atoms. The fraction of sp³-hybridized carbons (Fsp3) is 0.182. The Morgan fingerprint density at radius 2 is 1.31 bits per heavy atom. The number of nitrogens with zero attached hydrogens (tertiary/aromatic N) is 1. The molecule has 1 unspecified atom stereocenters. The molecule has 0 radical (unpaired) electrons. The number of nitro groups is 1. The molecule has 6 nitrogen and oxygen atoms in total. The second-order valence-electron chi connectivity index (χ2n) is 6.28. The number of hydrogen-bond acceptors (Lipinski definition) is 5. The van der Waals surface area contributed by atoms with Gasteiger partial charge < -0.3 is 14.2 Å². The summed E-state index contributed by atoms with van der Waals surface area (Å²) in [5.41, 5.74) is 2.24. The molecule has 3 aromatic rings. The second-order valence-corrected chi connectivity index (χ2v) is 6.28. The van der Waals surface area contributed by atoms with Crippen molar-refractivity contribution in [3.05, 3.63) is 93.3 Å². The third-order valence-corrected chi connectivity index (χ3v) is 4.68. The van der Waals surface area contributed by atoms with Gasteiger partial charge in [0.2, 0.25) is 0 Å². The zero-order valence-electron chi connectivity index (χ0n) is 16.2. The van der Waals surface area contributed by atoms with E-state index in [1.54, 1.807) is 43.5 Å². The molecule has 0 aromatic heterocycles. The van der Waals surface area contributed by atoms with Gasteiger partial charge in [0.15, 0.2) is 0 Å². The first kappa shape index (κ1) is 20.1. The summed E-state index contributed by atoms with van der Waals surface area (Å²) in [7, 11) is 4.62. The van der Waals surface area contributed by atoms with Gasteiger partial charge in [0.05, 0.1) is 26.3 Å². The Balaban J connectivity index is 2.26. The predicted octanol–water partition coefficient (Wildman–Crippen LogP) is 4.94. The van der Waals surface area contributed by atoms with Gasteiger partial charge in [-0.25, -0.2) is 4.39 Å². The lowest BCUT2D eigenvalue weighted by molar-refractivity contribution is -0.384. The molecule has 0 aliphatic rings. The number of halogens is 1. The third kappa shape index (κ3) is 4.13. The molecular weight excluding hydrogens is 377 g/mol. The molecule has 0 saturated heterocycles. The summed E-state index contributed by atoms with van der Waals surface area (Å²) in [5, 5.41) is 11.0. The standard InChI is InChI=1S/C22H20FNO5/c1-27-18-12-19(28-2)22(20(13-18)29-3)21(14-4-8-16(23)9-5-14)15-6-10-17(11-7-15)24(25)26/h4-13,21H,1-3H3. The normalized spacial score (nSPS) is 11.6. The minimum atomic E-state index is -0.453. The van der Waals surface area contributed by atoms with Crippen molar-refractivity contribution in [3.8, 4) is 17.2 Å². The third-order valence-electron chi connectivity index (χ3n) is 4.68. The summed E-state index contributed by atoms with van der Waals surface area (Å²) >= 11 is 0. The molecule has 1 atom stereocenters. The van der Waals surface area contributed by atoms with E-state index in [1.807, 2.05) is 0 Å². The summed E-state index contributed by atoms with van der Waals surface area (Å²) in [5.74, 6) is 0.837. The quantitative estimate of drug-likeness (QED) is 0.321. The summed E-state index contributed by atoms with van der Waals surface area (Å²) in [6.07, 6.45) is 0. The Hall–Kier alpha value is -3.61. The molecule has 0 spiro atoms. The van der Waals surface area contributed by atoms with E-state index in [9.17, 15) is 14.5 Å². The first-order chi connectivity index (χ1) is 14.0. The van der Waals surface area contributed by atoms with Gasteiger partial charge in [-0.15, -0.1) is 0 Å². The van der Waals surface area contributed by atoms with Crippen molar-refractivity contribution in [2.45, 2.75) is 5.92 Å². The van der Waals surface area contributed by atoms with Crippen molar-refractivity contribution in [1.29, 1.82) is 0 Å². The zero-order valence-corrected chi connectivity index (χ0v) is 16.2. The highest BCUT2D eigenvalue weighted by molar-refractivity contribution is 5.59. The largest absolute Gasteiger partial charge is 0.496 e. The average molecular weight is 397 g/mol. The lowest BCUT2D eigenvalue weighted by Crippen LogP contribution is -2.08. The van der Waals surface area contributed by atoms with Crippen molar-refractivity contribution in [3.63, 3.8) is 0 Å². The summed E-state index contributed by atoms with van der Waals surface area (Å²) < 4.78 is 30.1. The van der Waals surface area contributed by atoms with Gasteiger partial charge in [-0.05, 0) is 23.3 Å². The van der Waals surface area contributed by atoms with Crippen LogP contribution in [0.2, 0.25) is 0 Å². The van der Waals surface area contributed by atoms with Crippen LogP contribution in [-0.4, -0.2) is 26.3 Å². The highest BCUT2D eigenvalue weighted by Gasteiger charge is 2.26. The van der Waals surface area contributed by atoms with E-state index in [0.29, 0.717) is 22.8 Å². The van der Waals surface area contributed by atoms with Gasteiger partial charge in [-0.1, -0.05) is 24.3 Å². The van der Waals surface area contributed by atoms with Crippen LogP contribution < -0.4 is 14.2 Å². The molecule has 0 fully saturated rings. The molecule has 0 saturated carbocycles. The van der Waals surface area contributed by atoms with Crippen LogP contribution >= 0.6 is 0 Å². The van der Waals surface area contributed by atoms with Gasteiger partial charge in [-0.2, -0.15) is 0 Å². The Morgan fingerprint density at radius 1 is 0.828 bits per heavy atom. The maximum Gasteiger partial charge on any atom is 0.269 e. The van der Waals surface area contributed by atoms with E-state index in [2.05, 4.69) is 0 Å². The van der Waals surface area contributed by atoms with Gasteiger partial charge in [-0.3, -0.25) is 10.1 Å². The number of methoxy groups -OCH3 is 3. The van der Waals surface area contributed by atoms with Crippen LogP contribution in [0.3, 0.4) is 0 Å². The van der Waals surface area contributed by atoms with Crippen LogP contribution in [0.1, 0.15) is 22.6 Å². The Kier molecular flexibility index (Phi) is 5.97. The SMILES string of the molecule is COc1cc(OC)c(C(c2ccc(F)cc2)c2ccc([N+](=O)[O-])cc2)c(OC)c1. The number of non-ortho nitro benzene ring substituents is 1. The van der Waals surface area contributed by atoms with Crippen molar-refractivity contribution in [1.82, 2.24) is 0 Å². The molecule has 3 aromatic carbocycles. The lowest BCUT2D eigenvalue weighted by Gasteiger charge is -2.24. The molecule has 7 heteroatoms. The van der Waals surface area contributed by atoms with Gasteiger partial charge in [0.25, 0.3) is 5.69 Å². The summed E-state index contributed by atoms with van der Waals surface area (Å²) in [6.45, 7) is 0. The molecule has 0 aliphatic heterocycles. The first-order valence-corrected chi connectivity index (χ1v) is 8.78. The van der Waals surface area contributed by atoms with E-state index in [0.717, 1.165) is 11.1 Å². The second kappa shape index (κ2) is 8.60. The fourth-order valence-corrected chi connectivity index (χ4v) is 3.29. The van der Waals surface area contributed by atoms with Crippen molar-refractivity contribution in [2.75, 3.05) is 21.3 Å². The van der Waals surface area contributed by atoms with E-state index in [1.165, 1.54) is 38.5 Å². The molecule has 0 heterocycles. The number of benzene rings is 3. The van der Waals surface area contributed by atoms with Gasteiger partial charge in [0, 0.05) is 35.7 Å². The summed E-state index contributed by atoms with van der Waals surface area (Å²) in [4.78, 5) is 10.6. The van der Waals surface area contributed by atoms with Crippen LogP contribution in [0, 0.1) is 15.9 Å². The number of ether oxygens (including phenoxy) is 3. The van der Waals surface area contributed by atoms with Crippen LogP contribution in [0.5, 0.6) is 17.2 Å². The van der Waals surface area contributed by atoms with E-state index >= 15 is 0 Å². The molecule has 150 valence electrons. The monoisotopic (exact) mass is 397 g/mol. The topological polar surface area (TPSA) is 70.8 Å². The highest BCUT2D eigenvalue weighted by atomic mass is 19.1. The minimum absolute atomic E-state index is 0.0136. The van der Waals surface area contributed by atoms with Crippen LogP contribution in [0.25, 0.3) is 0 Å². The van der Waals surface area contributed by atoms with E-state index in [4.69, 9.17) is 14.2 Å². The van der Waals surface area contributed by atoms with Gasteiger partial charge >= 0.3 is 0 Å². The van der Waals surface area contributed by atoms with Gasteiger partial charge in [0.1, 0.15) is 23.1 Å². The average Bonchev–Trinajstić information content (AvgIpc) is 2.75. The molecule has 0 amide bonds. The van der Waals surface area contributed by atoms with Crippen LogP contribution in [0.4, 0.5) is 10.1 Å². The lowest BCUT2D eigenvalue weighted by atomic mass is 9.84. The van der Waals surface area contributed by atoms with Crippen molar-refractivity contribution in [2.24, 2.45) is 0 Å². The maximum atomic E-state index is 13.5. The molecule has 0 N–H and O–H groups in total. The highest BCUT2D eigenvalue weighted by Crippen LogP contribution is 2.45. The molecule has 29 heavy (non-hydrogen) atoms. The van der Waals surface area contributed by atoms with Crippen molar-refractivity contribution >= 4 is 5.69 Å². The number of nitro benzene ring substituents is 1. The zero-order chi connectivity index (χ0) is 21.0. The molecule has 0 aliphatic carbocycles. The summed E-state index contributed by atoms with van der Waals surface area (Å²) in [6, 6.07) is 15.8. The maximum absolute atomic E-state index is 13.5. The van der Waals surface area contributed by atoms with Crippen LogP contribution in [0.15, 0.2) is 60.7 Å². The first-order valence-electron chi connectivity index (χ1n) is 8.78. The number of rotatable bonds is 7. The minimum Gasteiger partial charge on any atom is -0.496 e. The van der Waals surface area contributed by atoms with Crippen LogP contribution in [-0.2, 0) is 0 Å². The van der Waals surface area contributed by atoms with Crippen molar-refractivity contribution < 1.29 is 23.5 Å². The Bertz CT molecular complexity index is 978. The molecule has 3 rings (SSSR count). The smallest absolute Gasteiger partial charge is 0.269 e. The predicted molar refractivity (Wildman–Crippen MR) is 107 cm³/mol. The molecular formula is C22H20FNO5. The van der Waals surface area contributed by atoms with E-state index < -0.39 is 10.8 Å². The van der Waals surface area contributed by atoms with E-state index in [-0.39, 0.29) is 11.5 Å². The fourth-order valence-electron chi connectivity index (χ4n) is 3.29. The Labute approximate surface area is 167 Å². The number of hydrogen-bond donors (Lipinski definition) is 0. The Morgan fingerprint density at radius 3 is 1.72 bits per heavy atom.